The Kier molecular flexibility index (Phi) is 7.18. The van der Waals surface area contributed by atoms with Gasteiger partial charge < -0.3 is 19.5 Å². The van der Waals surface area contributed by atoms with E-state index in [0.29, 0.717) is 28.4 Å². The molecule has 2 rings (SSSR count). The molecule has 0 fully saturated rings. The van der Waals surface area contributed by atoms with E-state index in [-0.39, 0.29) is 12.5 Å². The first-order valence-corrected chi connectivity index (χ1v) is 8.03. The van der Waals surface area contributed by atoms with E-state index in [9.17, 15) is 9.59 Å². The molecule has 0 saturated carbocycles. The molecule has 0 saturated heterocycles. The Morgan fingerprint density at radius 1 is 1.00 bits per heavy atom. The Hall–Kier alpha value is -3.55. The van der Waals surface area contributed by atoms with Crippen LogP contribution in [0.25, 0.3) is 0 Å². The molecule has 0 unspecified atom stereocenters. The Morgan fingerprint density at radius 2 is 1.78 bits per heavy atom. The third-order valence-electron chi connectivity index (χ3n) is 3.55. The number of carbonyl (C=O) groups is 2. The van der Waals surface area contributed by atoms with Gasteiger partial charge in [0.1, 0.15) is 5.75 Å². The second-order valence-corrected chi connectivity index (χ2v) is 5.32. The average molecular weight is 371 g/mol. The van der Waals surface area contributed by atoms with E-state index in [1.807, 2.05) is 0 Å². The summed E-state index contributed by atoms with van der Waals surface area (Å²) in [5.74, 6) is 0.875. The summed E-state index contributed by atoms with van der Waals surface area (Å²) < 4.78 is 15.4. The van der Waals surface area contributed by atoms with Gasteiger partial charge in [-0.15, -0.1) is 0 Å². The van der Waals surface area contributed by atoms with Crippen molar-refractivity contribution in [1.82, 2.24) is 10.7 Å². The minimum absolute atomic E-state index is 0.209. The fourth-order valence-corrected chi connectivity index (χ4v) is 2.18. The lowest BCUT2D eigenvalue weighted by Gasteiger charge is -2.07. The number of amides is 2. The quantitative estimate of drug-likeness (QED) is 0.542. The summed E-state index contributed by atoms with van der Waals surface area (Å²) in [5, 5.41) is 6.37. The second kappa shape index (κ2) is 9.81. The topological polar surface area (TPSA) is 98.2 Å². The molecule has 8 nitrogen and oxygen atoms in total. The molecular formula is C19H21N3O5. The Bertz CT molecular complexity index is 836. The lowest BCUT2D eigenvalue weighted by molar-refractivity contribution is -0.120. The van der Waals surface area contributed by atoms with Crippen LogP contribution in [-0.2, 0) is 4.79 Å². The highest BCUT2D eigenvalue weighted by Gasteiger charge is 2.08. The highest BCUT2D eigenvalue weighted by Crippen LogP contribution is 2.26. The third-order valence-corrected chi connectivity index (χ3v) is 3.55. The van der Waals surface area contributed by atoms with Crippen LogP contribution < -0.4 is 25.0 Å². The standard InChI is InChI=1S/C19H21N3O5/c1-25-15-6-4-5-14(10-15)19(24)20-12-18(23)22-21-11-13-7-8-16(26-2)17(9-13)27-3/h4-11H,12H2,1-3H3,(H,20,24)(H,22,23). The Morgan fingerprint density at radius 3 is 2.48 bits per heavy atom. The van der Waals surface area contributed by atoms with Crippen molar-refractivity contribution in [2.45, 2.75) is 0 Å². The molecule has 2 N–H and O–H groups in total. The smallest absolute Gasteiger partial charge is 0.259 e. The summed E-state index contributed by atoms with van der Waals surface area (Å²) in [7, 11) is 4.60. The molecule has 0 aromatic heterocycles. The number of rotatable bonds is 8. The molecule has 0 heterocycles. The van der Waals surface area contributed by atoms with E-state index >= 15 is 0 Å². The van der Waals surface area contributed by atoms with Crippen LogP contribution in [0.5, 0.6) is 17.2 Å². The molecule has 2 aromatic rings. The Labute approximate surface area is 157 Å². The van der Waals surface area contributed by atoms with Gasteiger partial charge >= 0.3 is 0 Å². The summed E-state index contributed by atoms with van der Waals surface area (Å²) in [5.41, 5.74) is 3.46. The zero-order chi connectivity index (χ0) is 19.6. The van der Waals surface area contributed by atoms with Crippen LogP contribution in [0.2, 0.25) is 0 Å². The minimum Gasteiger partial charge on any atom is -0.497 e. The highest BCUT2D eigenvalue weighted by atomic mass is 16.5. The first-order valence-electron chi connectivity index (χ1n) is 8.03. The van der Waals surface area contributed by atoms with Crippen LogP contribution in [0, 0.1) is 0 Å². The van der Waals surface area contributed by atoms with Gasteiger partial charge in [-0.3, -0.25) is 9.59 Å². The second-order valence-electron chi connectivity index (χ2n) is 5.32. The molecule has 27 heavy (non-hydrogen) atoms. The van der Waals surface area contributed by atoms with Gasteiger partial charge in [0.2, 0.25) is 0 Å². The number of benzene rings is 2. The number of carbonyl (C=O) groups excluding carboxylic acids is 2. The largest absolute Gasteiger partial charge is 0.497 e. The van der Waals surface area contributed by atoms with E-state index < -0.39 is 5.91 Å². The predicted octanol–water partition coefficient (Wildman–Crippen LogP) is 1.59. The van der Waals surface area contributed by atoms with Crippen LogP contribution in [0.15, 0.2) is 47.6 Å². The summed E-state index contributed by atoms with van der Waals surface area (Å²) in [6, 6.07) is 11.9. The number of hydrogen-bond acceptors (Lipinski definition) is 6. The van der Waals surface area contributed by atoms with Crippen LogP contribution >= 0.6 is 0 Å². The number of nitrogens with zero attached hydrogens (tertiary/aromatic N) is 1. The molecule has 142 valence electrons. The van der Waals surface area contributed by atoms with Crippen LogP contribution in [0.4, 0.5) is 0 Å². The number of methoxy groups -OCH3 is 3. The summed E-state index contributed by atoms with van der Waals surface area (Å²) in [6.07, 6.45) is 1.46. The molecule has 0 atom stereocenters. The van der Waals surface area contributed by atoms with Crippen LogP contribution in [0.3, 0.4) is 0 Å². The summed E-state index contributed by atoms with van der Waals surface area (Å²) in [4.78, 5) is 23.8. The average Bonchev–Trinajstić information content (AvgIpc) is 2.71. The van der Waals surface area contributed by atoms with Gasteiger partial charge in [0.25, 0.3) is 11.8 Å². The minimum atomic E-state index is -0.456. The maximum Gasteiger partial charge on any atom is 0.259 e. The molecule has 2 amide bonds. The molecule has 0 aliphatic rings. The van der Waals surface area contributed by atoms with Crippen LogP contribution in [0.1, 0.15) is 15.9 Å². The molecule has 0 aliphatic carbocycles. The SMILES string of the molecule is COc1cccc(C(=O)NCC(=O)NN=Cc2ccc(OC)c(OC)c2)c1. The van der Waals surface area contributed by atoms with Crippen molar-refractivity contribution in [3.63, 3.8) is 0 Å². The zero-order valence-corrected chi connectivity index (χ0v) is 15.3. The highest BCUT2D eigenvalue weighted by molar-refractivity contribution is 5.96. The van der Waals surface area contributed by atoms with Crippen molar-refractivity contribution in [1.29, 1.82) is 0 Å². The van der Waals surface area contributed by atoms with Gasteiger partial charge in [-0.1, -0.05) is 6.07 Å². The maximum absolute atomic E-state index is 12.0. The summed E-state index contributed by atoms with van der Waals surface area (Å²) >= 11 is 0. The van der Waals surface area contributed by atoms with E-state index in [0.717, 1.165) is 0 Å². The van der Waals surface area contributed by atoms with Crippen molar-refractivity contribution in [3.05, 3.63) is 53.6 Å². The fraction of sp³-hybridized carbons (Fsp3) is 0.211. The van der Waals surface area contributed by atoms with Crippen molar-refractivity contribution >= 4 is 18.0 Å². The molecular weight excluding hydrogens is 350 g/mol. The lowest BCUT2D eigenvalue weighted by Crippen LogP contribution is -2.34. The van der Waals surface area contributed by atoms with Gasteiger partial charge in [0.15, 0.2) is 11.5 Å². The van der Waals surface area contributed by atoms with Crippen molar-refractivity contribution in [3.8, 4) is 17.2 Å². The molecule has 2 aromatic carbocycles. The van der Waals surface area contributed by atoms with Crippen molar-refractivity contribution in [2.24, 2.45) is 5.10 Å². The molecule has 8 heteroatoms. The number of ether oxygens (including phenoxy) is 3. The first-order chi connectivity index (χ1) is 13.1. The van der Waals surface area contributed by atoms with Gasteiger partial charge in [0.05, 0.1) is 34.1 Å². The van der Waals surface area contributed by atoms with Crippen molar-refractivity contribution < 1.29 is 23.8 Å². The number of nitrogens with one attached hydrogen (secondary N) is 2. The maximum atomic E-state index is 12.0. The fourth-order valence-electron chi connectivity index (χ4n) is 2.18. The van der Waals surface area contributed by atoms with Gasteiger partial charge in [-0.2, -0.15) is 5.10 Å². The molecule has 0 radical (unpaired) electrons. The van der Waals surface area contributed by atoms with E-state index in [4.69, 9.17) is 14.2 Å². The Balaban J connectivity index is 1.85. The van der Waals surface area contributed by atoms with Crippen molar-refractivity contribution in [2.75, 3.05) is 27.9 Å². The van der Waals surface area contributed by atoms with E-state index in [2.05, 4.69) is 15.8 Å². The normalized spacial score (nSPS) is 10.3. The predicted molar refractivity (Wildman–Crippen MR) is 101 cm³/mol. The van der Waals surface area contributed by atoms with E-state index in [1.165, 1.54) is 20.4 Å². The third kappa shape index (κ3) is 5.74. The zero-order valence-electron chi connectivity index (χ0n) is 15.3. The van der Waals surface area contributed by atoms with Crippen LogP contribution in [-0.4, -0.2) is 45.9 Å². The summed E-state index contributed by atoms with van der Waals surface area (Å²) in [6.45, 7) is -0.209. The lowest BCUT2D eigenvalue weighted by atomic mass is 10.2. The monoisotopic (exact) mass is 371 g/mol. The number of hydrazone groups is 1. The molecule has 0 bridgehead atoms. The van der Waals surface area contributed by atoms with Gasteiger partial charge in [-0.25, -0.2) is 5.43 Å². The first kappa shape index (κ1) is 19.8. The van der Waals surface area contributed by atoms with Gasteiger partial charge in [0, 0.05) is 5.56 Å². The molecule has 0 aliphatic heterocycles. The van der Waals surface area contributed by atoms with E-state index in [1.54, 1.807) is 49.6 Å². The van der Waals surface area contributed by atoms with Gasteiger partial charge in [-0.05, 0) is 42.0 Å². The molecule has 0 spiro atoms. The number of hydrogen-bond donors (Lipinski definition) is 2.